The normalized spacial score (nSPS) is 19.4. The molecule has 2 aliphatic rings. The maximum atomic E-state index is 13.8. The van der Waals surface area contributed by atoms with Crippen LogP contribution in [-0.4, -0.2) is 47.2 Å². The minimum Gasteiger partial charge on any atom is -0.366 e. The number of benzene rings is 2. The number of nitrogens with one attached hydrogen (secondary N) is 1. The van der Waals surface area contributed by atoms with E-state index in [9.17, 15) is 22.8 Å². The molecule has 0 saturated carbocycles. The molecule has 4 rings (SSSR count). The zero-order valence-corrected chi connectivity index (χ0v) is 16.5. The Morgan fingerprint density at radius 3 is 2.55 bits per heavy atom. The summed E-state index contributed by atoms with van der Waals surface area (Å²) in [7, 11) is 1.48. The Bertz CT molecular complexity index is 1160. The summed E-state index contributed by atoms with van der Waals surface area (Å²) in [5.41, 5.74) is 6.73. The molecule has 0 aromatic heterocycles. The number of rotatable bonds is 3. The number of hydrogen-bond donors (Lipinski definition) is 2. The number of primary amides is 1. The predicted molar refractivity (Wildman–Crippen MR) is 106 cm³/mol. The minimum absolute atomic E-state index is 0.0409. The van der Waals surface area contributed by atoms with E-state index in [1.807, 2.05) is 0 Å². The molecule has 11 heteroatoms. The number of nitrogens with two attached hydrogens (primary N) is 1. The third-order valence-electron chi connectivity index (χ3n) is 5.10. The highest BCUT2D eigenvalue weighted by molar-refractivity contribution is 6.16. The zero-order chi connectivity index (χ0) is 22.4. The molecule has 1 fully saturated rings. The van der Waals surface area contributed by atoms with Gasteiger partial charge in [0.05, 0.1) is 18.3 Å². The number of amides is 3. The van der Waals surface area contributed by atoms with Gasteiger partial charge in [-0.1, -0.05) is 6.07 Å². The van der Waals surface area contributed by atoms with Gasteiger partial charge in [-0.2, -0.15) is 0 Å². The fourth-order valence-electron chi connectivity index (χ4n) is 3.41. The molecule has 0 aliphatic carbocycles. The summed E-state index contributed by atoms with van der Waals surface area (Å²) in [6.45, 7) is 1.81. The molecule has 8 nitrogen and oxygen atoms in total. The molecule has 1 atom stereocenters. The highest BCUT2D eigenvalue weighted by Crippen LogP contribution is 2.32. The lowest BCUT2D eigenvalue weighted by Gasteiger charge is -2.36. The van der Waals surface area contributed by atoms with Crippen molar-refractivity contribution in [3.05, 3.63) is 64.5 Å². The lowest BCUT2D eigenvalue weighted by atomic mass is 10.1. The molecule has 2 heterocycles. The van der Waals surface area contributed by atoms with Crippen LogP contribution in [-0.2, 0) is 0 Å². The number of hydrogen-bond acceptors (Lipinski definition) is 4. The standard InChI is InChI=1S/C20H17F3N6O2/c1-9-3-4-10(17(24)30)7-14(9)26-18-27-20(31)28(2)19-25-8-15(29(18)19)11-5-12(21)16(23)13(22)6-11/h3-7,15H,8H2,1-2H3,(H2,24,30)(H,26,27,31). The minimum atomic E-state index is -1.57. The number of halogens is 3. The predicted octanol–water partition coefficient (Wildman–Crippen LogP) is 2.57. The molecule has 2 aromatic carbocycles. The first-order valence-electron chi connectivity index (χ1n) is 9.19. The number of fused-ring (bicyclic) bond motifs is 1. The first-order chi connectivity index (χ1) is 14.7. The van der Waals surface area contributed by atoms with Crippen LogP contribution in [0.1, 0.15) is 27.5 Å². The molecule has 0 radical (unpaired) electrons. The van der Waals surface area contributed by atoms with Crippen LogP contribution in [0.3, 0.4) is 0 Å². The Morgan fingerprint density at radius 2 is 1.90 bits per heavy atom. The molecule has 2 aromatic rings. The van der Waals surface area contributed by atoms with Gasteiger partial charge in [0, 0.05) is 12.6 Å². The molecule has 0 spiro atoms. The maximum Gasteiger partial charge on any atom is 0.330 e. The van der Waals surface area contributed by atoms with Gasteiger partial charge >= 0.3 is 6.03 Å². The number of carbonyl (C=O) groups excluding carboxylic acids is 2. The lowest BCUT2D eigenvalue weighted by Crippen LogP contribution is -2.61. The SMILES string of the molecule is Cc1ccc(C(N)=O)cc1N=C1NC(=O)N(C)C2=NCC(c3cc(F)c(F)c(F)c3)N12. The van der Waals surface area contributed by atoms with Crippen LogP contribution in [0.5, 0.6) is 0 Å². The van der Waals surface area contributed by atoms with Crippen LogP contribution in [0.4, 0.5) is 23.7 Å². The first kappa shape index (κ1) is 20.4. The fraction of sp³-hybridized carbons (Fsp3) is 0.200. The molecule has 1 unspecified atom stereocenters. The van der Waals surface area contributed by atoms with Gasteiger partial charge in [-0.05, 0) is 42.3 Å². The molecular weight excluding hydrogens is 413 g/mol. The molecule has 1 saturated heterocycles. The van der Waals surface area contributed by atoms with Crippen molar-refractivity contribution in [2.45, 2.75) is 13.0 Å². The highest BCUT2D eigenvalue weighted by atomic mass is 19.2. The van der Waals surface area contributed by atoms with Crippen LogP contribution < -0.4 is 11.1 Å². The van der Waals surface area contributed by atoms with Gasteiger partial charge in [0.1, 0.15) is 0 Å². The second-order valence-electron chi connectivity index (χ2n) is 7.12. The summed E-state index contributed by atoms with van der Waals surface area (Å²) >= 11 is 0. The van der Waals surface area contributed by atoms with Gasteiger partial charge in [0.25, 0.3) is 0 Å². The lowest BCUT2D eigenvalue weighted by molar-refractivity contribution is 0.1000. The van der Waals surface area contributed by atoms with Crippen molar-refractivity contribution in [3.63, 3.8) is 0 Å². The van der Waals surface area contributed by atoms with E-state index in [0.29, 0.717) is 11.3 Å². The van der Waals surface area contributed by atoms with E-state index in [2.05, 4.69) is 15.3 Å². The van der Waals surface area contributed by atoms with Crippen molar-refractivity contribution in [1.29, 1.82) is 0 Å². The van der Waals surface area contributed by atoms with Gasteiger partial charge in [-0.15, -0.1) is 0 Å². The first-order valence-corrected chi connectivity index (χ1v) is 9.19. The second kappa shape index (κ2) is 7.42. The van der Waals surface area contributed by atoms with Crippen molar-refractivity contribution < 1.29 is 22.8 Å². The third-order valence-corrected chi connectivity index (χ3v) is 5.10. The third kappa shape index (κ3) is 3.47. The van der Waals surface area contributed by atoms with Gasteiger partial charge in [-0.3, -0.25) is 19.9 Å². The number of nitrogens with zero attached hydrogens (tertiary/aromatic N) is 4. The van der Waals surface area contributed by atoms with Crippen LogP contribution >= 0.6 is 0 Å². The van der Waals surface area contributed by atoms with Crippen molar-refractivity contribution in [2.75, 3.05) is 13.6 Å². The number of aliphatic imine (C=N–C) groups is 2. The van der Waals surface area contributed by atoms with E-state index in [0.717, 1.165) is 12.1 Å². The summed E-state index contributed by atoms with van der Waals surface area (Å²) < 4.78 is 41.1. The highest BCUT2D eigenvalue weighted by Gasteiger charge is 2.41. The van der Waals surface area contributed by atoms with Crippen LogP contribution in [0.15, 0.2) is 40.3 Å². The van der Waals surface area contributed by atoms with E-state index < -0.39 is 35.4 Å². The molecular formula is C20H17F3N6O2. The van der Waals surface area contributed by atoms with Crippen LogP contribution in [0.25, 0.3) is 0 Å². The molecule has 2 aliphatic heterocycles. The average Bonchev–Trinajstić information content (AvgIpc) is 3.16. The van der Waals surface area contributed by atoms with Gasteiger partial charge in [-0.25, -0.2) is 28.0 Å². The topological polar surface area (TPSA) is 103 Å². The average molecular weight is 430 g/mol. The Balaban J connectivity index is 1.82. The van der Waals surface area contributed by atoms with Crippen molar-refractivity contribution in [1.82, 2.24) is 15.1 Å². The number of guanidine groups is 2. The Labute approximate surface area is 174 Å². The largest absolute Gasteiger partial charge is 0.366 e. The summed E-state index contributed by atoms with van der Waals surface area (Å²) in [5.74, 6) is -4.63. The molecule has 160 valence electrons. The van der Waals surface area contributed by atoms with Gasteiger partial charge in [0.15, 0.2) is 17.5 Å². The van der Waals surface area contributed by atoms with E-state index >= 15 is 0 Å². The summed E-state index contributed by atoms with van der Waals surface area (Å²) in [6.07, 6.45) is 0. The summed E-state index contributed by atoms with van der Waals surface area (Å²) in [5, 5.41) is 2.61. The number of carbonyl (C=O) groups is 2. The Hall–Kier alpha value is -3.89. The maximum absolute atomic E-state index is 13.8. The number of urea groups is 1. The van der Waals surface area contributed by atoms with Gasteiger partial charge in [0.2, 0.25) is 17.8 Å². The summed E-state index contributed by atoms with van der Waals surface area (Å²) in [4.78, 5) is 35.4. The van der Waals surface area contributed by atoms with E-state index in [1.165, 1.54) is 22.9 Å². The molecule has 3 N–H and O–H groups in total. The molecule has 31 heavy (non-hydrogen) atoms. The van der Waals surface area contributed by atoms with Crippen LogP contribution in [0.2, 0.25) is 0 Å². The van der Waals surface area contributed by atoms with Crippen LogP contribution in [0, 0.1) is 24.4 Å². The monoisotopic (exact) mass is 430 g/mol. The zero-order valence-electron chi connectivity index (χ0n) is 16.5. The fourth-order valence-corrected chi connectivity index (χ4v) is 3.41. The molecule has 0 bridgehead atoms. The second-order valence-corrected chi connectivity index (χ2v) is 7.12. The quantitative estimate of drug-likeness (QED) is 0.732. The Morgan fingerprint density at radius 1 is 1.23 bits per heavy atom. The molecule has 3 amide bonds. The van der Waals surface area contributed by atoms with E-state index in [4.69, 9.17) is 5.73 Å². The van der Waals surface area contributed by atoms with Crippen molar-refractivity contribution in [2.24, 2.45) is 15.7 Å². The summed E-state index contributed by atoms with van der Waals surface area (Å²) in [6, 6.07) is 5.16. The van der Waals surface area contributed by atoms with Gasteiger partial charge < -0.3 is 5.73 Å². The smallest absolute Gasteiger partial charge is 0.330 e. The number of aryl methyl sites for hydroxylation is 1. The van der Waals surface area contributed by atoms with Crippen molar-refractivity contribution >= 4 is 29.5 Å². The Kier molecular flexibility index (Phi) is 4.88. The van der Waals surface area contributed by atoms with E-state index in [1.54, 1.807) is 19.1 Å². The van der Waals surface area contributed by atoms with Crippen molar-refractivity contribution in [3.8, 4) is 0 Å². The van der Waals surface area contributed by atoms with E-state index in [-0.39, 0.29) is 29.6 Å².